The van der Waals surface area contributed by atoms with E-state index in [1.807, 2.05) is 60.8 Å². The van der Waals surface area contributed by atoms with Gasteiger partial charge < -0.3 is 14.4 Å². The van der Waals surface area contributed by atoms with Crippen LogP contribution in [0, 0.1) is 6.92 Å². The van der Waals surface area contributed by atoms with E-state index in [1.54, 1.807) is 22.3 Å². The van der Waals surface area contributed by atoms with Crippen LogP contribution in [0.5, 0.6) is 5.75 Å². The fraction of sp³-hybridized carbons (Fsp3) is 0.240. The van der Waals surface area contributed by atoms with Crippen LogP contribution in [0.15, 0.2) is 60.0 Å². The molecule has 1 aliphatic heterocycles. The quantitative estimate of drug-likeness (QED) is 0.391. The van der Waals surface area contributed by atoms with Crippen molar-refractivity contribution >= 4 is 35.0 Å². The molecule has 0 spiro atoms. The molecule has 0 aliphatic carbocycles. The third-order valence-corrected chi connectivity index (χ3v) is 5.92. The Labute approximate surface area is 191 Å². The van der Waals surface area contributed by atoms with E-state index in [9.17, 15) is 9.59 Å². The number of hydrogen-bond acceptors (Lipinski definition) is 6. The predicted molar refractivity (Wildman–Crippen MR) is 125 cm³/mol. The molecule has 0 saturated carbocycles. The highest BCUT2D eigenvalue weighted by Crippen LogP contribution is 2.26. The van der Waals surface area contributed by atoms with Gasteiger partial charge in [0.25, 0.3) is 5.91 Å². The van der Waals surface area contributed by atoms with Crippen LogP contribution in [0.2, 0.25) is 0 Å². The van der Waals surface area contributed by atoms with Gasteiger partial charge in [0.1, 0.15) is 12.4 Å². The molecule has 2 aromatic carbocycles. The Morgan fingerprint density at radius 1 is 1.16 bits per heavy atom. The number of carbonyl (C=O) groups is 2. The molecule has 0 unspecified atom stereocenters. The van der Waals surface area contributed by atoms with Gasteiger partial charge in [-0.3, -0.25) is 4.79 Å². The van der Waals surface area contributed by atoms with Gasteiger partial charge in [0, 0.05) is 23.7 Å². The summed E-state index contributed by atoms with van der Waals surface area (Å²) in [7, 11) is 0. The standard InChI is InChI=1S/C25H24N2O4S/c1-18-26-21(17-32-18)15-30-22-11-8-19(9-12-22)10-13-25(29)31-16-24(28)27-14-4-6-20-5-2-3-7-23(20)27/h2-3,5,7-13,17H,4,6,14-16H2,1H3/b13-10+. The van der Waals surface area contributed by atoms with Crippen molar-refractivity contribution in [1.82, 2.24) is 4.98 Å². The molecule has 0 radical (unpaired) electrons. The number of thiazole rings is 1. The zero-order chi connectivity index (χ0) is 22.3. The first-order chi connectivity index (χ1) is 15.6. The average molecular weight is 449 g/mol. The first-order valence-corrected chi connectivity index (χ1v) is 11.3. The van der Waals surface area contributed by atoms with Crippen molar-refractivity contribution in [2.24, 2.45) is 0 Å². The summed E-state index contributed by atoms with van der Waals surface area (Å²) >= 11 is 1.59. The van der Waals surface area contributed by atoms with Crippen LogP contribution in [0.1, 0.15) is 28.2 Å². The number of nitrogens with zero attached hydrogens (tertiary/aromatic N) is 2. The first-order valence-electron chi connectivity index (χ1n) is 10.5. The predicted octanol–water partition coefficient (Wildman–Crippen LogP) is 4.57. The maximum absolute atomic E-state index is 12.5. The van der Waals surface area contributed by atoms with Crippen LogP contribution in [0.4, 0.5) is 5.69 Å². The van der Waals surface area contributed by atoms with E-state index in [4.69, 9.17) is 9.47 Å². The Kier molecular flexibility index (Phi) is 6.97. The second-order valence-electron chi connectivity index (χ2n) is 7.43. The summed E-state index contributed by atoms with van der Waals surface area (Å²) in [5.74, 6) is -0.0404. The minimum atomic E-state index is -0.553. The lowest BCUT2D eigenvalue weighted by atomic mass is 10.0. The Bertz CT molecular complexity index is 1120. The SMILES string of the molecule is Cc1nc(COc2ccc(/C=C/C(=O)OCC(=O)N3CCCc4ccccc43)cc2)cs1. The van der Waals surface area contributed by atoms with Gasteiger partial charge in [-0.1, -0.05) is 30.3 Å². The van der Waals surface area contributed by atoms with Crippen LogP contribution in [-0.4, -0.2) is 30.0 Å². The minimum Gasteiger partial charge on any atom is -0.487 e. The molecule has 7 heteroatoms. The summed E-state index contributed by atoms with van der Waals surface area (Å²) in [5, 5.41) is 2.99. The van der Waals surface area contributed by atoms with Crippen LogP contribution >= 0.6 is 11.3 Å². The highest BCUT2D eigenvalue weighted by atomic mass is 32.1. The number of rotatable bonds is 7. The van der Waals surface area contributed by atoms with E-state index >= 15 is 0 Å². The van der Waals surface area contributed by atoms with Gasteiger partial charge in [-0.15, -0.1) is 11.3 Å². The van der Waals surface area contributed by atoms with Crippen molar-refractivity contribution in [2.75, 3.05) is 18.1 Å². The Balaban J connectivity index is 1.25. The highest BCUT2D eigenvalue weighted by Gasteiger charge is 2.22. The summed E-state index contributed by atoms with van der Waals surface area (Å²) in [5.41, 5.74) is 3.78. The number of aromatic nitrogens is 1. The largest absolute Gasteiger partial charge is 0.487 e. The third-order valence-electron chi connectivity index (χ3n) is 5.09. The van der Waals surface area contributed by atoms with Crippen molar-refractivity contribution in [3.63, 3.8) is 0 Å². The van der Waals surface area contributed by atoms with E-state index in [0.717, 1.165) is 46.1 Å². The normalized spacial score (nSPS) is 13.1. The summed E-state index contributed by atoms with van der Waals surface area (Å²) < 4.78 is 10.9. The van der Waals surface area contributed by atoms with Crippen molar-refractivity contribution in [1.29, 1.82) is 0 Å². The molecule has 0 bridgehead atoms. The molecule has 4 rings (SSSR count). The number of ether oxygens (including phenoxy) is 2. The molecular formula is C25H24N2O4S. The zero-order valence-corrected chi connectivity index (χ0v) is 18.6. The molecular weight excluding hydrogens is 424 g/mol. The van der Waals surface area contributed by atoms with E-state index in [-0.39, 0.29) is 12.5 Å². The lowest BCUT2D eigenvalue weighted by molar-refractivity contribution is -0.142. The van der Waals surface area contributed by atoms with Crippen molar-refractivity contribution in [3.05, 3.63) is 81.8 Å². The van der Waals surface area contributed by atoms with Gasteiger partial charge in [-0.05, 0) is 55.2 Å². The van der Waals surface area contributed by atoms with Crippen LogP contribution < -0.4 is 9.64 Å². The number of carbonyl (C=O) groups excluding carboxylic acids is 2. The number of esters is 1. The summed E-state index contributed by atoms with van der Waals surface area (Å²) in [6.07, 6.45) is 4.83. The molecule has 1 aromatic heterocycles. The Hall–Kier alpha value is -3.45. The van der Waals surface area contributed by atoms with Gasteiger partial charge in [-0.25, -0.2) is 9.78 Å². The third kappa shape index (κ3) is 5.62. The van der Waals surface area contributed by atoms with Crippen molar-refractivity contribution in [3.8, 4) is 5.75 Å². The molecule has 0 fully saturated rings. The number of amides is 1. The van der Waals surface area contributed by atoms with Gasteiger partial charge in [-0.2, -0.15) is 0 Å². The summed E-state index contributed by atoms with van der Waals surface area (Å²) in [4.78, 5) is 30.7. The van der Waals surface area contributed by atoms with Crippen LogP contribution in [-0.2, 0) is 27.4 Å². The number of fused-ring (bicyclic) bond motifs is 1. The molecule has 1 aliphatic rings. The first kappa shape index (κ1) is 21.8. The molecule has 0 N–H and O–H groups in total. The van der Waals surface area contributed by atoms with Gasteiger partial charge >= 0.3 is 5.97 Å². The van der Waals surface area contributed by atoms with Crippen LogP contribution in [0.3, 0.4) is 0 Å². The molecule has 0 saturated heterocycles. The Morgan fingerprint density at radius 2 is 1.97 bits per heavy atom. The molecule has 1 amide bonds. The Morgan fingerprint density at radius 3 is 2.75 bits per heavy atom. The minimum absolute atomic E-state index is 0.212. The average Bonchev–Trinajstić information content (AvgIpc) is 3.25. The van der Waals surface area contributed by atoms with E-state index in [2.05, 4.69) is 4.98 Å². The highest BCUT2D eigenvalue weighted by molar-refractivity contribution is 7.09. The van der Waals surface area contributed by atoms with Gasteiger partial charge in [0.05, 0.1) is 10.7 Å². The van der Waals surface area contributed by atoms with Crippen molar-refractivity contribution < 1.29 is 19.1 Å². The molecule has 2 heterocycles. The molecule has 32 heavy (non-hydrogen) atoms. The molecule has 0 atom stereocenters. The topological polar surface area (TPSA) is 68.7 Å². The maximum atomic E-state index is 12.5. The lowest BCUT2D eigenvalue weighted by Gasteiger charge is -2.29. The van der Waals surface area contributed by atoms with Gasteiger partial charge in [0.15, 0.2) is 6.61 Å². The monoisotopic (exact) mass is 448 g/mol. The van der Waals surface area contributed by atoms with E-state index in [0.29, 0.717) is 13.2 Å². The second kappa shape index (κ2) is 10.2. The fourth-order valence-corrected chi connectivity index (χ4v) is 4.12. The van der Waals surface area contributed by atoms with Gasteiger partial charge in [0.2, 0.25) is 0 Å². The number of hydrogen-bond donors (Lipinski definition) is 0. The lowest BCUT2D eigenvalue weighted by Crippen LogP contribution is -2.38. The van der Waals surface area contributed by atoms with Crippen LogP contribution in [0.25, 0.3) is 6.08 Å². The molecule has 6 nitrogen and oxygen atoms in total. The number of para-hydroxylation sites is 1. The maximum Gasteiger partial charge on any atom is 0.331 e. The summed E-state index contributed by atoms with van der Waals surface area (Å²) in [6, 6.07) is 15.2. The van der Waals surface area contributed by atoms with E-state index < -0.39 is 5.97 Å². The van der Waals surface area contributed by atoms with Crippen molar-refractivity contribution in [2.45, 2.75) is 26.4 Å². The van der Waals surface area contributed by atoms with E-state index in [1.165, 1.54) is 6.08 Å². The molecule has 3 aromatic rings. The summed E-state index contributed by atoms with van der Waals surface area (Å²) in [6.45, 7) is 2.74. The fourth-order valence-electron chi connectivity index (χ4n) is 3.52. The zero-order valence-electron chi connectivity index (χ0n) is 17.8. The molecule has 164 valence electrons. The number of anilines is 1. The number of benzene rings is 2. The second-order valence-corrected chi connectivity index (χ2v) is 8.50. The smallest absolute Gasteiger partial charge is 0.331 e. The number of aryl methyl sites for hydroxylation is 2.